The summed E-state index contributed by atoms with van der Waals surface area (Å²) in [4.78, 5) is 31.7. The minimum atomic E-state index is -5.10. The highest BCUT2D eigenvalue weighted by atomic mass is 19.4. The molecule has 0 aliphatic heterocycles. The molecule has 1 N–H and O–H groups in total. The van der Waals surface area contributed by atoms with Crippen molar-refractivity contribution in [2.75, 3.05) is 5.32 Å². The van der Waals surface area contributed by atoms with E-state index in [0.717, 1.165) is 25.1 Å². The Morgan fingerprint density at radius 2 is 1.96 bits per heavy atom. The predicted octanol–water partition coefficient (Wildman–Crippen LogP) is 2.54. The normalized spacial score (nSPS) is 11.0. The summed E-state index contributed by atoms with van der Waals surface area (Å²) < 4.78 is 39.3. The third kappa shape index (κ3) is 4.03. The van der Waals surface area contributed by atoms with Gasteiger partial charge in [0.15, 0.2) is 0 Å². The summed E-state index contributed by atoms with van der Waals surface area (Å²) in [5, 5.41) is 35.9. The molecule has 28 heavy (non-hydrogen) atoms. The fourth-order valence-electron chi connectivity index (χ4n) is 2.27. The molecule has 0 unspecified atom stereocenters. The zero-order valence-corrected chi connectivity index (χ0v) is 13.9. The molecule has 0 radical (unpaired) electrons. The molecule has 0 saturated heterocycles. The van der Waals surface area contributed by atoms with Gasteiger partial charge < -0.3 is 5.32 Å². The van der Waals surface area contributed by atoms with Crippen molar-refractivity contribution in [2.45, 2.75) is 19.6 Å². The van der Waals surface area contributed by atoms with Crippen LogP contribution in [0.5, 0.6) is 0 Å². The topological polar surface area (TPSA) is 157 Å². The van der Waals surface area contributed by atoms with E-state index in [1.54, 1.807) is 6.07 Å². The summed E-state index contributed by atoms with van der Waals surface area (Å²) in [7, 11) is 0. The van der Waals surface area contributed by atoms with E-state index < -0.39 is 51.2 Å². The molecular formula is C14H9F3N6O5. The van der Waals surface area contributed by atoms with Crippen molar-refractivity contribution in [1.82, 2.24) is 9.78 Å². The highest BCUT2D eigenvalue weighted by Crippen LogP contribution is 2.36. The zero-order chi connectivity index (χ0) is 21.2. The van der Waals surface area contributed by atoms with E-state index in [4.69, 9.17) is 5.26 Å². The molecule has 11 nitrogen and oxygen atoms in total. The molecule has 0 atom stereocenters. The minimum absolute atomic E-state index is 0.117. The van der Waals surface area contributed by atoms with Crippen molar-refractivity contribution in [3.05, 3.63) is 55.4 Å². The van der Waals surface area contributed by atoms with E-state index in [2.05, 4.69) is 10.4 Å². The molecule has 2 aromatic rings. The van der Waals surface area contributed by atoms with E-state index in [1.165, 1.54) is 0 Å². The van der Waals surface area contributed by atoms with E-state index in [9.17, 15) is 38.2 Å². The first-order chi connectivity index (χ1) is 13.0. The Morgan fingerprint density at radius 3 is 2.43 bits per heavy atom. The molecule has 146 valence electrons. The van der Waals surface area contributed by atoms with Crippen molar-refractivity contribution in [3.63, 3.8) is 0 Å². The van der Waals surface area contributed by atoms with Crippen molar-refractivity contribution >= 4 is 23.0 Å². The third-order valence-corrected chi connectivity index (χ3v) is 3.53. The first kappa shape index (κ1) is 20.3. The number of non-ortho nitro benzene ring substituents is 1. The summed E-state index contributed by atoms with van der Waals surface area (Å²) in [6.07, 6.45) is -5.10. The van der Waals surface area contributed by atoms with Gasteiger partial charge in [-0.3, -0.25) is 29.7 Å². The van der Waals surface area contributed by atoms with E-state index >= 15 is 0 Å². The first-order valence-electron chi connectivity index (χ1n) is 7.23. The number of benzene rings is 1. The van der Waals surface area contributed by atoms with Crippen LogP contribution < -0.4 is 5.32 Å². The van der Waals surface area contributed by atoms with Crippen LogP contribution in [-0.2, 0) is 17.5 Å². The average Bonchev–Trinajstić information content (AvgIpc) is 2.91. The van der Waals surface area contributed by atoms with E-state index in [0.29, 0.717) is 4.68 Å². The number of rotatable bonds is 5. The van der Waals surface area contributed by atoms with Gasteiger partial charge in [0.25, 0.3) is 5.69 Å². The van der Waals surface area contributed by atoms with Crippen molar-refractivity contribution < 1.29 is 27.8 Å². The highest BCUT2D eigenvalue weighted by Gasteiger charge is 2.44. The predicted molar refractivity (Wildman–Crippen MR) is 85.1 cm³/mol. The molecule has 0 aliphatic carbocycles. The van der Waals surface area contributed by atoms with Crippen LogP contribution in [0, 0.1) is 38.5 Å². The number of nitriles is 1. The number of alkyl halides is 3. The Hall–Kier alpha value is -4.02. The smallest absolute Gasteiger partial charge is 0.323 e. The number of nitro benzene ring substituents is 1. The number of amides is 1. The zero-order valence-electron chi connectivity index (χ0n) is 13.9. The van der Waals surface area contributed by atoms with Gasteiger partial charge in [-0.15, -0.1) is 0 Å². The third-order valence-electron chi connectivity index (χ3n) is 3.53. The van der Waals surface area contributed by atoms with E-state index in [-0.39, 0.29) is 11.3 Å². The fraction of sp³-hybridized carbons (Fsp3) is 0.214. The van der Waals surface area contributed by atoms with Crippen molar-refractivity contribution in [2.24, 2.45) is 0 Å². The molecule has 0 spiro atoms. The van der Waals surface area contributed by atoms with Crippen LogP contribution in [0.2, 0.25) is 0 Å². The Kier molecular flexibility index (Phi) is 5.30. The van der Waals surface area contributed by atoms with Gasteiger partial charge in [0.05, 0.1) is 21.1 Å². The molecule has 0 saturated carbocycles. The molecule has 1 heterocycles. The molecule has 0 fully saturated rings. The average molecular weight is 398 g/mol. The molecular weight excluding hydrogens is 389 g/mol. The van der Waals surface area contributed by atoms with Gasteiger partial charge in [-0.25, -0.2) is 0 Å². The van der Waals surface area contributed by atoms with E-state index in [1.807, 2.05) is 0 Å². The van der Waals surface area contributed by atoms with Crippen LogP contribution in [0.1, 0.15) is 17.0 Å². The Labute approximate surface area is 153 Å². The number of nitrogens with one attached hydrogen (secondary N) is 1. The second kappa shape index (κ2) is 7.31. The summed E-state index contributed by atoms with van der Waals surface area (Å²) in [6.45, 7) is 0.185. The lowest BCUT2D eigenvalue weighted by atomic mass is 10.1. The number of hydrogen-bond acceptors (Lipinski definition) is 7. The van der Waals surface area contributed by atoms with Crippen LogP contribution >= 0.6 is 0 Å². The van der Waals surface area contributed by atoms with Gasteiger partial charge in [-0.2, -0.15) is 23.5 Å². The van der Waals surface area contributed by atoms with Gasteiger partial charge in [0, 0.05) is 12.1 Å². The van der Waals surface area contributed by atoms with Gasteiger partial charge in [-0.1, -0.05) is 0 Å². The van der Waals surface area contributed by atoms with Crippen LogP contribution in [0.15, 0.2) is 18.2 Å². The summed E-state index contributed by atoms with van der Waals surface area (Å²) >= 11 is 0. The van der Waals surface area contributed by atoms with Gasteiger partial charge in [0.2, 0.25) is 11.6 Å². The van der Waals surface area contributed by atoms with Crippen LogP contribution in [0.25, 0.3) is 0 Å². The Bertz CT molecular complexity index is 1020. The SMILES string of the molecule is Cc1c([N+](=O)[O-])c(C(F)(F)F)nn1CC(=O)Nc1ccc([N+](=O)[O-])cc1C#N. The van der Waals surface area contributed by atoms with Gasteiger partial charge in [-0.05, 0) is 13.0 Å². The standard InChI is InChI=1S/C14H9F3N6O5/c1-7-12(23(27)28)13(14(15,16)17)20-21(7)6-11(24)19-10-3-2-9(22(25)26)4-8(10)5-18/h2-4H,6H2,1H3,(H,19,24). The first-order valence-corrected chi connectivity index (χ1v) is 7.23. The number of anilines is 1. The lowest BCUT2D eigenvalue weighted by Crippen LogP contribution is -2.21. The maximum absolute atomic E-state index is 12.9. The molecule has 1 aromatic heterocycles. The summed E-state index contributed by atoms with van der Waals surface area (Å²) in [6, 6.07) is 4.64. The fourth-order valence-corrected chi connectivity index (χ4v) is 2.27. The summed E-state index contributed by atoms with van der Waals surface area (Å²) in [5.41, 5.74) is -4.26. The molecule has 1 aromatic carbocycles. The van der Waals surface area contributed by atoms with Crippen molar-refractivity contribution in [3.8, 4) is 6.07 Å². The number of hydrogen-bond donors (Lipinski definition) is 1. The summed E-state index contributed by atoms with van der Waals surface area (Å²) in [5.74, 6) is -0.945. The quantitative estimate of drug-likeness (QED) is 0.599. The number of carbonyl (C=O) groups excluding carboxylic acids is 1. The largest absolute Gasteiger partial charge is 0.442 e. The maximum atomic E-state index is 12.9. The van der Waals surface area contributed by atoms with Gasteiger partial charge in [0.1, 0.15) is 18.3 Å². The molecule has 0 bridgehead atoms. The van der Waals surface area contributed by atoms with Crippen LogP contribution in [0.4, 0.5) is 30.2 Å². The van der Waals surface area contributed by atoms with Crippen LogP contribution in [0.3, 0.4) is 0 Å². The number of halogens is 3. The van der Waals surface area contributed by atoms with Crippen molar-refractivity contribution in [1.29, 1.82) is 5.26 Å². The molecule has 14 heteroatoms. The van der Waals surface area contributed by atoms with Gasteiger partial charge >= 0.3 is 11.9 Å². The number of aromatic nitrogens is 2. The second-order valence-corrected chi connectivity index (χ2v) is 5.34. The molecule has 2 rings (SSSR count). The molecule has 0 aliphatic rings. The highest BCUT2D eigenvalue weighted by molar-refractivity contribution is 5.92. The molecule has 1 amide bonds. The number of nitro groups is 2. The monoisotopic (exact) mass is 398 g/mol. The van der Waals surface area contributed by atoms with Crippen LogP contribution in [-0.4, -0.2) is 25.5 Å². The minimum Gasteiger partial charge on any atom is -0.323 e. The number of carbonyl (C=O) groups is 1. The lowest BCUT2D eigenvalue weighted by molar-refractivity contribution is -0.388. The Morgan fingerprint density at radius 1 is 1.32 bits per heavy atom. The lowest BCUT2D eigenvalue weighted by Gasteiger charge is -2.08. The Balaban J connectivity index is 2.31. The maximum Gasteiger partial charge on any atom is 0.442 e. The second-order valence-electron chi connectivity index (χ2n) is 5.34. The number of nitrogens with zero attached hydrogens (tertiary/aromatic N) is 5.